The van der Waals surface area contributed by atoms with Crippen LogP contribution in [-0.2, 0) is 6.42 Å². The van der Waals surface area contributed by atoms with Crippen molar-refractivity contribution in [3.63, 3.8) is 0 Å². The lowest BCUT2D eigenvalue weighted by atomic mass is 10.1. The Kier molecular flexibility index (Phi) is 8.13. The molecule has 0 atom stereocenters. The summed E-state index contributed by atoms with van der Waals surface area (Å²) in [6, 6.07) is 0. The number of aryl methyl sites for hydroxylation is 1. The molecule has 0 unspecified atom stereocenters. The molecule has 0 aliphatic heterocycles. The van der Waals surface area contributed by atoms with E-state index in [9.17, 15) is 0 Å². The van der Waals surface area contributed by atoms with E-state index in [-0.39, 0.29) is 5.48 Å². The van der Waals surface area contributed by atoms with E-state index in [1.165, 1.54) is 38.5 Å². The fourth-order valence-electron chi connectivity index (χ4n) is 1.42. The molecule has 1 aromatic heterocycles. The van der Waals surface area contributed by atoms with Crippen molar-refractivity contribution in [1.82, 2.24) is 15.2 Å². The van der Waals surface area contributed by atoms with E-state index in [2.05, 4.69) is 22.1 Å². The monoisotopic (exact) mass is 199 g/mol. The first-order valence-electron chi connectivity index (χ1n) is 5.27. The molecule has 1 rings (SSSR count). The minimum Gasteiger partial charge on any atom is -0.412 e. The van der Waals surface area contributed by atoms with E-state index in [0.717, 1.165) is 12.2 Å². The molecule has 0 spiro atoms. The molecule has 4 heteroatoms. The third-order valence-electron chi connectivity index (χ3n) is 2.23. The Morgan fingerprint density at radius 2 is 1.86 bits per heavy atom. The topological polar surface area (TPSA) is 73.1 Å². The molecular formula is C10H21N3O. The summed E-state index contributed by atoms with van der Waals surface area (Å²) in [6.45, 7) is 2.24. The average Bonchev–Trinajstić information content (AvgIpc) is 2.63. The summed E-state index contributed by atoms with van der Waals surface area (Å²) in [7, 11) is 0. The standard InChI is InChI=1S/C10H19N3.H2O/c1-2-3-4-5-6-7-8-10-11-9-12-13-10;/h9H,2-8H2,1H3,(H,11,12,13);1H2. The number of rotatable bonds is 7. The largest absolute Gasteiger partial charge is 0.412 e. The number of aromatic amines is 1. The van der Waals surface area contributed by atoms with Crippen LogP contribution in [0.4, 0.5) is 0 Å². The molecule has 0 saturated carbocycles. The maximum absolute atomic E-state index is 4.08. The van der Waals surface area contributed by atoms with E-state index in [1.807, 2.05) is 0 Å². The van der Waals surface area contributed by atoms with Crippen LogP contribution < -0.4 is 0 Å². The van der Waals surface area contributed by atoms with Crippen molar-refractivity contribution in [2.75, 3.05) is 0 Å². The molecule has 0 bridgehead atoms. The predicted octanol–water partition coefficient (Wildman–Crippen LogP) is 1.88. The second-order valence-electron chi connectivity index (χ2n) is 3.45. The van der Waals surface area contributed by atoms with Gasteiger partial charge < -0.3 is 5.48 Å². The normalized spacial score (nSPS) is 9.79. The van der Waals surface area contributed by atoms with E-state index < -0.39 is 0 Å². The van der Waals surface area contributed by atoms with Gasteiger partial charge in [-0.15, -0.1) is 0 Å². The molecule has 82 valence electrons. The minimum atomic E-state index is 0. The van der Waals surface area contributed by atoms with Gasteiger partial charge in [-0.2, -0.15) is 5.10 Å². The van der Waals surface area contributed by atoms with E-state index >= 15 is 0 Å². The van der Waals surface area contributed by atoms with Crippen LogP contribution in [-0.4, -0.2) is 20.7 Å². The molecule has 0 fully saturated rings. The van der Waals surface area contributed by atoms with E-state index in [1.54, 1.807) is 6.33 Å². The van der Waals surface area contributed by atoms with Gasteiger partial charge in [-0.1, -0.05) is 39.0 Å². The molecule has 1 heterocycles. The SMILES string of the molecule is CCCCCCCCc1ncn[nH]1.O. The van der Waals surface area contributed by atoms with Crippen molar-refractivity contribution in [2.45, 2.75) is 51.9 Å². The van der Waals surface area contributed by atoms with Gasteiger partial charge in [0.1, 0.15) is 12.2 Å². The zero-order chi connectivity index (χ0) is 9.36. The maximum Gasteiger partial charge on any atom is 0.137 e. The van der Waals surface area contributed by atoms with Crippen molar-refractivity contribution in [1.29, 1.82) is 0 Å². The average molecular weight is 199 g/mol. The van der Waals surface area contributed by atoms with Crippen molar-refractivity contribution in [3.8, 4) is 0 Å². The summed E-state index contributed by atoms with van der Waals surface area (Å²) in [4.78, 5) is 4.08. The number of hydrogen-bond acceptors (Lipinski definition) is 2. The van der Waals surface area contributed by atoms with Crippen molar-refractivity contribution >= 4 is 0 Å². The van der Waals surface area contributed by atoms with Gasteiger partial charge in [-0.3, -0.25) is 5.10 Å². The quantitative estimate of drug-likeness (QED) is 0.681. The Morgan fingerprint density at radius 3 is 2.50 bits per heavy atom. The Balaban J connectivity index is 0.00000169. The van der Waals surface area contributed by atoms with Crippen molar-refractivity contribution in [3.05, 3.63) is 12.2 Å². The Labute approximate surface area is 85.4 Å². The van der Waals surface area contributed by atoms with Gasteiger partial charge in [0.2, 0.25) is 0 Å². The Bertz CT molecular complexity index is 199. The first-order chi connectivity index (χ1) is 6.43. The summed E-state index contributed by atoms with van der Waals surface area (Å²) in [5.74, 6) is 1.02. The highest BCUT2D eigenvalue weighted by atomic mass is 16.0. The first-order valence-corrected chi connectivity index (χ1v) is 5.27. The second kappa shape index (κ2) is 8.69. The maximum atomic E-state index is 4.08. The number of nitrogens with zero attached hydrogens (tertiary/aromatic N) is 2. The number of hydrogen-bond donors (Lipinski definition) is 1. The summed E-state index contributed by atoms with van der Waals surface area (Å²) < 4.78 is 0. The molecule has 0 radical (unpaired) electrons. The lowest BCUT2D eigenvalue weighted by Gasteiger charge is -1.98. The molecule has 3 N–H and O–H groups in total. The summed E-state index contributed by atoms with van der Waals surface area (Å²) >= 11 is 0. The highest BCUT2D eigenvalue weighted by Crippen LogP contribution is 2.06. The molecule has 4 nitrogen and oxygen atoms in total. The molecule has 1 aromatic rings. The zero-order valence-corrected chi connectivity index (χ0v) is 8.92. The fourth-order valence-corrected chi connectivity index (χ4v) is 1.42. The first kappa shape index (κ1) is 13.1. The van der Waals surface area contributed by atoms with Crippen LogP contribution in [0.1, 0.15) is 51.3 Å². The zero-order valence-electron chi connectivity index (χ0n) is 8.92. The molecule has 0 saturated heterocycles. The van der Waals surface area contributed by atoms with Crippen LogP contribution in [0.5, 0.6) is 0 Å². The summed E-state index contributed by atoms with van der Waals surface area (Å²) in [5.41, 5.74) is 0. The van der Waals surface area contributed by atoms with E-state index in [4.69, 9.17) is 0 Å². The molecule has 0 aliphatic carbocycles. The Morgan fingerprint density at radius 1 is 1.14 bits per heavy atom. The number of nitrogens with one attached hydrogen (secondary N) is 1. The van der Waals surface area contributed by atoms with E-state index in [0.29, 0.717) is 0 Å². The van der Waals surface area contributed by atoms with Crippen LogP contribution in [0.15, 0.2) is 6.33 Å². The van der Waals surface area contributed by atoms with Gasteiger partial charge in [-0.25, -0.2) is 4.98 Å². The number of aromatic nitrogens is 3. The fraction of sp³-hybridized carbons (Fsp3) is 0.800. The number of unbranched alkanes of at least 4 members (excludes halogenated alkanes) is 5. The lowest BCUT2D eigenvalue weighted by molar-refractivity contribution is 0.601. The van der Waals surface area contributed by atoms with Gasteiger partial charge in [0.25, 0.3) is 0 Å². The van der Waals surface area contributed by atoms with Crippen LogP contribution in [0.25, 0.3) is 0 Å². The smallest absolute Gasteiger partial charge is 0.137 e. The number of H-pyrrole nitrogens is 1. The van der Waals surface area contributed by atoms with Crippen LogP contribution in [0.2, 0.25) is 0 Å². The van der Waals surface area contributed by atoms with Crippen LogP contribution in [0.3, 0.4) is 0 Å². The predicted molar refractivity (Wildman–Crippen MR) is 57.1 cm³/mol. The Hall–Kier alpha value is -0.900. The van der Waals surface area contributed by atoms with Gasteiger partial charge in [0.15, 0.2) is 0 Å². The highest BCUT2D eigenvalue weighted by Gasteiger charge is 1.95. The molecule has 0 amide bonds. The summed E-state index contributed by atoms with van der Waals surface area (Å²) in [5, 5.41) is 6.69. The second-order valence-corrected chi connectivity index (χ2v) is 3.45. The molecule has 14 heavy (non-hydrogen) atoms. The third-order valence-corrected chi connectivity index (χ3v) is 2.23. The molecule has 0 aliphatic rings. The molecular weight excluding hydrogens is 178 g/mol. The third kappa shape index (κ3) is 5.70. The van der Waals surface area contributed by atoms with Gasteiger partial charge in [0.05, 0.1) is 0 Å². The molecule has 0 aromatic carbocycles. The highest BCUT2D eigenvalue weighted by molar-refractivity contribution is 4.79. The van der Waals surface area contributed by atoms with Crippen LogP contribution >= 0.6 is 0 Å². The van der Waals surface area contributed by atoms with Crippen molar-refractivity contribution < 1.29 is 5.48 Å². The summed E-state index contributed by atoms with van der Waals surface area (Å²) in [6.07, 6.45) is 10.6. The minimum absolute atomic E-state index is 0. The van der Waals surface area contributed by atoms with Gasteiger partial charge >= 0.3 is 0 Å². The van der Waals surface area contributed by atoms with Crippen molar-refractivity contribution in [2.24, 2.45) is 0 Å². The van der Waals surface area contributed by atoms with Gasteiger partial charge in [-0.05, 0) is 6.42 Å². The lowest BCUT2D eigenvalue weighted by Crippen LogP contribution is -1.88. The van der Waals surface area contributed by atoms with Gasteiger partial charge in [0, 0.05) is 6.42 Å². The van der Waals surface area contributed by atoms with Crippen LogP contribution in [0, 0.1) is 0 Å².